The van der Waals surface area contributed by atoms with Gasteiger partial charge in [-0.05, 0) is 6.92 Å². The fraction of sp³-hybridized carbons (Fsp3) is 0.333. The minimum absolute atomic E-state index is 0.111. The lowest BCUT2D eigenvalue weighted by molar-refractivity contribution is -0.137. The Balaban J connectivity index is 4.29. The Bertz CT molecular complexity index is 253. The summed E-state index contributed by atoms with van der Waals surface area (Å²) in [6.45, 7) is 1.01. The zero-order chi connectivity index (χ0) is 9.56. The van der Waals surface area contributed by atoms with Crippen LogP contribution < -0.4 is 0 Å². The van der Waals surface area contributed by atoms with Crippen molar-refractivity contribution in [1.29, 1.82) is 10.7 Å². The van der Waals surface area contributed by atoms with E-state index >= 15 is 0 Å². The maximum absolute atomic E-state index is 10.1. The highest BCUT2D eigenvalue weighted by atomic mass is 16.4. The van der Waals surface area contributed by atoms with Gasteiger partial charge in [-0.15, -0.1) is 0 Å². The third-order valence-corrected chi connectivity index (χ3v) is 0.887. The fourth-order valence-electron chi connectivity index (χ4n) is 0.463. The summed E-state index contributed by atoms with van der Waals surface area (Å²) < 4.78 is 0. The zero-order valence-corrected chi connectivity index (χ0v) is 6.48. The number of carboxylic acids is 1. The number of nitriles is 1. The van der Waals surface area contributed by atoms with Crippen molar-refractivity contribution in [1.82, 2.24) is 5.01 Å². The highest BCUT2D eigenvalue weighted by Gasteiger charge is 2.03. The summed E-state index contributed by atoms with van der Waals surface area (Å²) in [5.41, 5.74) is 0.111. The van der Waals surface area contributed by atoms with Crippen molar-refractivity contribution in [2.75, 3.05) is 6.54 Å². The van der Waals surface area contributed by atoms with E-state index in [1.807, 2.05) is 0 Å². The molecule has 0 rings (SSSR count). The molecule has 0 aliphatic heterocycles. The molecule has 0 bridgehead atoms. The second-order valence-electron chi connectivity index (χ2n) is 1.92. The molecule has 0 aromatic heterocycles. The van der Waals surface area contributed by atoms with Crippen molar-refractivity contribution in [3.8, 4) is 6.07 Å². The lowest BCUT2D eigenvalue weighted by Gasteiger charge is -2.08. The van der Waals surface area contributed by atoms with Crippen LogP contribution in [0.15, 0.2) is 5.10 Å². The van der Waals surface area contributed by atoms with Gasteiger partial charge in [0.2, 0.25) is 0 Å². The van der Waals surface area contributed by atoms with Gasteiger partial charge in [0.05, 0.1) is 0 Å². The Morgan fingerprint density at radius 2 is 2.50 bits per heavy atom. The number of carboxylic acid groups (broad SMARTS) is 1. The van der Waals surface area contributed by atoms with E-state index in [0.29, 0.717) is 0 Å². The molecule has 0 saturated carbocycles. The van der Waals surface area contributed by atoms with Crippen LogP contribution in [0.1, 0.15) is 6.92 Å². The lowest BCUT2D eigenvalue weighted by Crippen LogP contribution is -2.24. The largest absolute Gasteiger partial charge is 0.480 e. The molecule has 0 unspecified atom stereocenters. The highest BCUT2D eigenvalue weighted by molar-refractivity contribution is 5.96. The van der Waals surface area contributed by atoms with Gasteiger partial charge in [0.15, 0.2) is 0 Å². The van der Waals surface area contributed by atoms with Gasteiger partial charge >= 0.3 is 5.97 Å². The summed E-state index contributed by atoms with van der Waals surface area (Å²) in [5.74, 6) is -1.10. The van der Waals surface area contributed by atoms with Gasteiger partial charge < -0.3 is 5.11 Å². The average Bonchev–Trinajstić information content (AvgIpc) is 2.02. The second-order valence-corrected chi connectivity index (χ2v) is 1.92. The summed E-state index contributed by atoms with van der Waals surface area (Å²) in [6, 6.07) is 1.72. The van der Waals surface area contributed by atoms with Gasteiger partial charge in [0.1, 0.15) is 24.7 Å². The summed E-state index contributed by atoms with van der Waals surface area (Å²) in [7, 11) is 0. The molecule has 0 aliphatic carbocycles. The molecule has 0 aliphatic rings. The maximum Gasteiger partial charge on any atom is 0.325 e. The van der Waals surface area contributed by atoms with Gasteiger partial charge in [-0.3, -0.25) is 10.2 Å². The van der Waals surface area contributed by atoms with E-state index in [-0.39, 0.29) is 5.71 Å². The summed E-state index contributed by atoms with van der Waals surface area (Å²) >= 11 is 0. The number of nitrogens with zero attached hydrogens (tertiary/aromatic N) is 3. The zero-order valence-electron chi connectivity index (χ0n) is 6.48. The van der Waals surface area contributed by atoms with E-state index < -0.39 is 12.5 Å². The Kier molecular flexibility index (Phi) is 4.08. The molecule has 0 radical (unpaired) electrons. The third kappa shape index (κ3) is 4.00. The summed E-state index contributed by atoms with van der Waals surface area (Å²) in [5, 5.41) is 27.7. The topological polar surface area (TPSA) is 101 Å². The normalized spacial score (nSPS) is 10.2. The molecule has 6 heteroatoms. The van der Waals surface area contributed by atoms with E-state index in [4.69, 9.17) is 15.8 Å². The smallest absolute Gasteiger partial charge is 0.325 e. The Labute approximate surface area is 69.2 Å². The van der Waals surface area contributed by atoms with E-state index in [1.165, 1.54) is 6.92 Å². The average molecular weight is 168 g/mol. The molecule has 0 fully saturated rings. The van der Waals surface area contributed by atoms with E-state index in [1.54, 1.807) is 6.07 Å². The predicted octanol–water partition coefficient (Wildman–Crippen LogP) is -0.120. The van der Waals surface area contributed by atoms with Gasteiger partial charge in [0.25, 0.3) is 0 Å². The van der Waals surface area contributed by atoms with Gasteiger partial charge in [-0.2, -0.15) is 10.4 Å². The molecule has 2 N–H and O–H groups in total. The molecular formula is C6H8N4O2. The molecule has 12 heavy (non-hydrogen) atoms. The molecular weight excluding hydrogens is 160 g/mol. The summed E-state index contributed by atoms with van der Waals surface area (Å²) in [6.07, 6.45) is 0.745. The molecule has 0 atom stereocenters. The molecule has 6 nitrogen and oxygen atoms in total. The number of nitrogens with one attached hydrogen (secondary N) is 1. The number of hydrogen-bond donors (Lipinski definition) is 2. The number of rotatable bonds is 4. The molecule has 0 saturated heterocycles. The fourth-order valence-corrected chi connectivity index (χ4v) is 0.463. The van der Waals surface area contributed by atoms with Crippen LogP contribution in [0.25, 0.3) is 0 Å². The molecule has 0 aromatic rings. The number of carbonyl (C=O) groups is 1. The van der Waals surface area contributed by atoms with Gasteiger partial charge in [-0.25, -0.2) is 5.01 Å². The van der Waals surface area contributed by atoms with Crippen LogP contribution >= 0.6 is 0 Å². The predicted molar refractivity (Wildman–Crippen MR) is 41.8 cm³/mol. The standard InChI is InChI=1S/C6H8N4O2/c1-5(2-7)9-10(4-8)3-6(11)12/h4,8H,3H2,1H3,(H,11,12)/b8-4?,9-5+. The first-order valence-electron chi connectivity index (χ1n) is 3.04. The Hall–Kier alpha value is -1.90. The molecule has 0 aromatic carbocycles. The minimum atomic E-state index is -1.10. The number of aliphatic carboxylic acids is 1. The van der Waals surface area contributed by atoms with Crippen molar-refractivity contribution in [2.45, 2.75) is 6.92 Å². The molecule has 0 spiro atoms. The third-order valence-electron chi connectivity index (χ3n) is 0.887. The van der Waals surface area contributed by atoms with Crippen LogP contribution in [0, 0.1) is 16.7 Å². The quantitative estimate of drug-likeness (QED) is 0.347. The highest BCUT2D eigenvalue weighted by Crippen LogP contribution is 1.86. The van der Waals surface area contributed by atoms with E-state index in [2.05, 4.69) is 5.10 Å². The monoisotopic (exact) mass is 168 g/mol. The Morgan fingerprint density at radius 1 is 1.92 bits per heavy atom. The van der Waals surface area contributed by atoms with Crippen molar-refractivity contribution in [2.24, 2.45) is 5.10 Å². The molecule has 64 valence electrons. The van der Waals surface area contributed by atoms with Gasteiger partial charge in [0, 0.05) is 0 Å². The minimum Gasteiger partial charge on any atom is -0.480 e. The van der Waals surface area contributed by atoms with Crippen LogP contribution in [0.3, 0.4) is 0 Å². The number of hydrazone groups is 1. The van der Waals surface area contributed by atoms with Crippen molar-refractivity contribution in [3.05, 3.63) is 0 Å². The van der Waals surface area contributed by atoms with Crippen LogP contribution in [0.2, 0.25) is 0 Å². The first-order valence-corrected chi connectivity index (χ1v) is 3.04. The molecule has 0 heterocycles. The number of hydrogen-bond acceptors (Lipinski definition) is 4. The van der Waals surface area contributed by atoms with Crippen LogP contribution in [0.4, 0.5) is 0 Å². The second kappa shape index (κ2) is 4.85. The summed E-state index contributed by atoms with van der Waals surface area (Å²) in [4.78, 5) is 10.1. The lowest BCUT2D eigenvalue weighted by atomic mass is 10.5. The van der Waals surface area contributed by atoms with Crippen LogP contribution in [-0.2, 0) is 4.79 Å². The van der Waals surface area contributed by atoms with E-state index in [0.717, 1.165) is 11.3 Å². The van der Waals surface area contributed by atoms with Crippen molar-refractivity contribution < 1.29 is 9.90 Å². The maximum atomic E-state index is 10.1. The Morgan fingerprint density at radius 3 is 2.83 bits per heavy atom. The molecule has 0 amide bonds. The van der Waals surface area contributed by atoms with Crippen molar-refractivity contribution in [3.63, 3.8) is 0 Å². The van der Waals surface area contributed by atoms with Crippen LogP contribution in [-0.4, -0.2) is 34.7 Å². The van der Waals surface area contributed by atoms with E-state index in [9.17, 15) is 4.79 Å². The first-order chi connectivity index (χ1) is 5.60. The van der Waals surface area contributed by atoms with Gasteiger partial charge in [-0.1, -0.05) is 0 Å². The van der Waals surface area contributed by atoms with Crippen molar-refractivity contribution >= 4 is 18.0 Å². The first kappa shape index (κ1) is 10.1. The van der Waals surface area contributed by atoms with Crippen LogP contribution in [0.5, 0.6) is 0 Å². The SMILES string of the molecule is C/C(C#N)=N\N(C=N)CC(=O)O.